The van der Waals surface area contributed by atoms with E-state index >= 15 is 0 Å². The Balaban J connectivity index is 1.78. The number of rotatable bonds is 7. The Morgan fingerprint density at radius 2 is 2.05 bits per heavy atom. The summed E-state index contributed by atoms with van der Waals surface area (Å²) in [6.07, 6.45) is 2.18. The summed E-state index contributed by atoms with van der Waals surface area (Å²) < 4.78 is 70.1. The number of carbonyl (C=O) groups is 1. The molecule has 1 saturated carbocycles. The zero-order chi connectivity index (χ0) is 16.4. The zero-order valence-electron chi connectivity index (χ0n) is 11.7. The van der Waals surface area contributed by atoms with Crippen LogP contribution in [0.3, 0.4) is 0 Å². The van der Waals surface area contributed by atoms with Gasteiger partial charge in [-0.15, -0.1) is 0 Å². The Kier molecular flexibility index (Phi) is 5.36. The van der Waals surface area contributed by atoms with Gasteiger partial charge in [-0.1, -0.05) is 6.42 Å². The molecule has 0 aromatic heterocycles. The largest absolute Gasteiger partial charge is 0.458 e. The van der Waals surface area contributed by atoms with Gasteiger partial charge in [-0.05, 0) is 19.3 Å². The SMILES string of the molecule is O=C(OCC(F)(F)S(=O)(=O)O)C1CCCC(OCC2CO2)C1. The van der Waals surface area contributed by atoms with Gasteiger partial charge < -0.3 is 14.2 Å². The fourth-order valence-electron chi connectivity index (χ4n) is 2.27. The van der Waals surface area contributed by atoms with Crippen LogP contribution in [0.15, 0.2) is 0 Å². The van der Waals surface area contributed by atoms with E-state index in [1.54, 1.807) is 0 Å². The van der Waals surface area contributed by atoms with E-state index < -0.39 is 33.9 Å². The highest BCUT2D eigenvalue weighted by Gasteiger charge is 2.46. The predicted octanol–water partition coefficient (Wildman–Crippen LogP) is 0.984. The van der Waals surface area contributed by atoms with Crippen LogP contribution in [0.2, 0.25) is 0 Å². The average molecular weight is 344 g/mol. The first-order chi connectivity index (χ1) is 10.2. The molecule has 1 aliphatic carbocycles. The Bertz CT molecular complexity index is 504. The average Bonchev–Trinajstić information content (AvgIpc) is 3.26. The topological polar surface area (TPSA) is 102 Å². The standard InChI is InChI=1S/C12H18F2O7S/c13-12(14,22(16,17)18)7-21-11(15)8-2-1-3-9(4-8)19-5-10-6-20-10/h8-10H,1-7H2,(H,16,17,18). The fourth-order valence-corrected chi connectivity index (χ4v) is 2.47. The number of hydrogen-bond acceptors (Lipinski definition) is 6. The first-order valence-corrected chi connectivity index (χ1v) is 8.38. The molecule has 0 aromatic carbocycles. The van der Waals surface area contributed by atoms with E-state index in [9.17, 15) is 22.0 Å². The van der Waals surface area contributed by atoms with Gasteiger partial charge in [0.05, 0.1) is 25.2 Å². The van der Waals surface area contributed by atoms with Gasteiger partial charge in [0.25, 0.3) is 0 Å². The molecule has 2 aliphatic rings. The molecule has 3 atom stereocenters. The summed E-state index contributed by atoms with van der Waals surface area (Å²) in [7, 11) is -5.60. The molecule has 0 bridgehead atoms. The summed E-state index contributed by atoms with van der Waals surface area (Å²) in [5.41, 5.74) is 0. The number of ether oxygens (including phenoxy) is 3. The molecule has 2 fully saturated rings. The summed E-state index contributed by atoms with van der Waals surface area (Å²) in [6, 6.07) is 0. The Labute approximate surface area is 126 Å². The predicted molar refractivity (Wildman–Crippen MR) is 68.9 cm³/mol. The maximum atomic E-state index is 13.0. The van der Waals surface area contributed by atoms with Crippen molar-refractivity contribution in [2.24, 2.45) is 5.92 Å². The second-order valence-corrected chi connectivity index (χ2v) is 7.04. The molecule has 0 spiro atoms. The van der Waals surface area contributed by atoms with Crippen molar-refractivity contribution in [1.82, 2.24) is 0 Å². The lowest BCUT2D eigenvalue weighted by atomic mass is 9.87. The fraction of sp³-hybridized carbons (Fsp3) is 0.917. The molecule has 7 nitrogen and oxygen atoms in total. The van der Waals surface area contributed by atoms with E-state index in [1.807, 2.05) is 0 Å². The smallest absolute Gasteiger partial charge is 0.402 e. The summed E-state index contributed by atoms with van der Waals surface area (Å²) in [5.74, 6) is -1.52. The highest BCUT2D eigenvalue weighted by atomic mass is 32.2. The third-order valence-electron chi connectivity index (χ3n) is 3.64. The Morgan fingerprint density at radius 3 is 2.64 bits per heavy atom. The van der Waals surface area contributed by atoms with Gasteiger partial charge in [-0.2, -0.15) is 17.2 Å². The number of esters is 1. The van der Waals surface area contributed by atoms with Gasteiger partial charge in [-0.25, -0.2) is 0 Å². The molecule has 3 unspecified atom stereocenters. The number of halogens is 2. The molecule has 1 N–H and O–H groups in total. The van der Waals surface area contributed by atoms with Crippen molar-refractivity contribution in [3.63, 3.8) is 0 Å². The van der Waals surface area contributed by atoms with Gasteiger partial charge in [0.2, 0.25) is 0 Å². The Hall–Kier alpha value is -0.840. The lowest BCUT2D eigenvalue weighted by molar-refractivity contribution is -0.157. The van der Waals surface area contributed by atoms with Crippen LogP contribution in [0, 0.1) is 5.92 Å². The molecule has 22 heavy (non-hydrogen) atoms. The molecule has 10 heteroatoms. The summed E-state index contributed by atoms with van der Waals surface area (Å²) in [4.78, 5) is 11.8. The lowest BCUT2D eigenvalue weighted by Gasteiger charge is -2.28. The first kappa shape index (κ1) is 17.5. The maximum absolute atomic E-state index is 13.0. The first-order valence-electron chi connectivity index (χ1n) is 6.94. The number of hydrogen-bond donors (Lipinski definition) is 1. The zero-order valence-corrected chi connectivity index (χ0v) is 12.6. The second kappa shape index (κ2) is 6.73. The van der Waals surface area contributed by atoms with E-state index in [0.29, 0.717) is 32.5 Å². The molecular formula is C12H18F2O7S. The lowest BCUT2D eigenvalue weighted by Crippen LogP contribution is -2.37. The molecule has 2 rings (SSSR count). The molecular weight excluding hydrogens is 326 g/mol. The van der Waals surface area contributed by atoms with Crippen LogP contribution >= 0.6 is 0 Å². The van der Waals surface area contributed by atoms with Crippen molar-refractivity contribution in [3.8, 4) is 0 Å². The molecule has 0 amide bonds. The second-order valence-electron chi connectivity index (χ2n) is 5.49. The van der Waals surface area contributed by atoms with Crippen molar-refractivity contribution in [3.05, 3.63) is 0 Å². The summed E-state index contributed by atoms with van der Waals surface area (Å²) >= 11 is 0. The van der Waals surface area contributed by atoms with Crippen molar-refractivity contribution >= 4 is 16.1 Å². The maximum Gasteiger partial charge on any atom is 0.402 e. The summed E-state index contributed by atoms with van der Waals surface area (Å²) in [5, 5.41) is -4.50. The van der Waals surface area contributed by atoms with Crippen molar-refractivity contribution in [2.45, 2.75) is 43.1 Å². The van der Waals surface area contributed by atoms with E-state index in [-0.39, 0.29) is 12.2 Å². The van der Waals surface area contributed by atoms with E-state index in [2.05, 4.69) is 4.74 Å². The summed E-state index contributed by atoms with van der Waals surface area (Å²) in [6.45, 7) is -0.598. The van der Waals surface area contributed by atoms with Crippen LogP contribution in [-0.2, 0) is 29.1 Å². The quantitative estimate of drug-likeness (QED) is 0.417. The van der Waals surface area contributed by atoms with Gasteiger partial charge in [0, 0.05) is 0 Å². The van der Waals surface area contributed by atoms with E-state index in [0.717, 1.165) is 6.42 Å². The number of epoxide rings is 1. The van der Waals surface area contributed by atoms with Crippen molar-refractivity contribution in [1.29, 1.82) is 0 Å². The molecule has 1 aliphatic heterocycles. The van der Waals surface area contributed by atoms with Crippen molar-refractivity contribution in [2.75, 3.05) is 19.8 Å². The third kappa shape index (κ3) is 4.83. The molecule has 0 radical (unpaired) electrons. The van der Waals surface area contributed by atoms with Gasteiger partial charge in [-0.3, -0.25) is 9.35 Å². The van der Waals surface area contributed by atoms with Crippen LogP contribution < -0.4 is 0 Å². The van der Waals surface area contributed by atoms with Gasteiger partial charge in [0.15, 0.2) is 6.61 Å². The molecule has 1 saturated heterocycles. The molecule has 0 aromatic rings. The van der Waals surface area contributed by atoms with Crippen LogP contribution in [-0.4, -0.2) is 56.2 Å². The number of carbonyl (C=O) groups excluding carboxylic acids is 1. The van der Waals surface area contributed by atoms with Crippen LogP contribution in [0.25, 0.3) is 0 Å². The minimum absolute atomic E-state index is 0.0979. The third-order valence-corrected chi connectivity index (χ3v) is 4.51. The van der Waals surface area contributed by atoms with Crippen molar-refractivity contribution < 1.29 is 40.8 Å². The molecule has 1 heterocycles. The number of alkyl halides is 2. The minimum atomic E-state index is -5.60. The van der Waals surface area contributed by atoms with E-state index in [1.165, 1.54) is 0 Å². The van der Waals surface area contributed by atoms with E-state index in [4.69, 9.17) is 14.0 Å². The Morgan fingerprint density at radius 1 is 1.36 bits per heavy atom. The van der Waals surface area contributed by atoms with Crippen LogP contribution in [0.5, 0.6) is 0 Å². The van der Waals surface area contributed by atoms with Gasteiger partial charge in [0.1, 0.15) is 6.10 Å². The molecule has 128 valence electrons. The normalized spacial score (nSPS) is 29.1. The highest BCUT2D eigenvalue weighted by Crippen LogP contribution is 2.29. The highest BCUT2D eigenvalue weighted by molar-refractivity contribution is 7.86. The monoisotopic (exact) mass is 344 g/mol. The van der Waals surface area contributed by atoms with Crippen LogP contribution in [0.4, 0.5) is 8.78 Å². The van der Waals surface area contributed by atoms with Gasteiger partial charge >= 0.3 is 21.3 Å². The van der Waals surface area contributed by atoms with Crippen LogP contribution in [0.1, 0.15) is 25.7 Å². The minimum Gasteiger partial charge on any atom is -0.458 e.